The van der Waals surface area contributed by atoms with E-state index < -0.39 is 23.5 Å². The minimum atomic E-state index is -0.770. The molecule has 164 valence electrons. The van der Waals surface area contributed by atoms with E-state index in [0.717, 1.165) is 21.0 Å². The molecule has 0 saturated carbocycles. The maximum absolute atomic E-state index is 13.6. The molecule has 6 nitrogen and oxygen atoms in total. The van der Waals surface area contributed by atoms with Crippen molar-refractivity contribution in [3.05, 3.63) is 111 Å². The number of furan rings is 1. The second kappa shape index (κ2) is 8.33. The van der Waals surface area contributed by atoms with E-state index in [1.54, 1.807) is 30.5 Å². The minimum Gasteiger partial charge on any atom is -0.503 e. The van der Waals surface area contributed by atoms with Gasteiger partial charge in [0.25, 0.3) is 5.91 Å². The van der Waals surface area contributed by atoms with Crippen molar-refractivity contribution in [2.45, 2.75) is 19.5 Å². The summed E-state index contributed by atoms with van der Waals surface area (Å²) in [7, 11) is 0. The van der Waals surface area contributed by atoms with Crippen LogP contribution in [0.25, 0.3) is 11.0 Å². The van der Waals surface area contributed by atoms with Gasteiger partial charge in [0.2, 0.25) is 5.78 Å². The number of aromatic nitrogens is 1. The molecule has 0 radical (unpaired) electrons. The summed E-state index contributed by atoms with van der Waals surface area (Å²) in [5.74, 6) is -1.64. The van der Waals surface area contributed by atoms with Crippen LogP contribution in [-0.4, -0.2) is 26.7 Å². The number of carbonyl (C=O) groups excluding carboxylic acids is 2. The van der Waals surface area contributed by atoms with Crippen molar-refractivity contribution in [3.63, 3.8) is 0 Å². The van der Waals surface area contributed by atoms with E-state index >= 15 is 0 Å². The maximum Gasteiger partial charge on any atom is 0.290 e. The second-order valence-corrected chi connectivity index (χ2v) is 8.81. The van der Waals surface area contributed by atoms with Gasteiger partial charge in [-0.1, -0.05) is 46.3 Å². The van der Waals surface area contributed by atoms with E-state index in [1.807, 2.05) is 49.4 Å². The van der Waals surface area contributed by atoms with Crippen LogP contribution in [0.1, 0.15) is 33.4 Å². The molecule has 0 bridgehead atoms. The fourth-order valence-corrected chi connectivity index (χ4v) is 4.57. The molecule has 3 heterocycles. The van der Waals surface area contributed by atoms with Crippen LogP contribution in [0.5, 0.6) is 0 Å². The molecule has 2 aromatic heterocycles. The third-order valence-electron chi connectivity index (χ3n) is 5.79. The number of aliphatic hydroxyl groups excluding tert-OH is 1. The SMILES string of the molecule is Cc1ccccc1C1C(C(=O)c2cc3cc(Br)ccc3o2)=C(O)C(=O)N1Cc1ccccn1. The molecule has 33 heavy (non-hydrogen) atoms. The molecule has 1 amide bonds. The number of benzene rings is 2. The zero-order chi connectivity index (χ0) is 23.1. The number of pyridine rings is 1. The molecular weight excluding hydrogens is 484 g/mol. The van der Waals surface area contributed by atoms with Crippen molar-refractivity contribution in [1.82, 2.24) is 9.88 Å². The monoisotopic (exact) mass is 502 g/mol. The molecule has 4 aromatic rings. The Morgan fingerprint density at radius 3 is 2.67 bits per heavy atom. The standard InChI is InChI=1S/C26H19BrN2O4/c1-15-6-2-3-8-19(15)23-22(24(30)21-13-16-12-17(27)9-10-20(16)33-21)25(31)26(32)29(23)14-18-7-4-5-11-28-18/h2-13,23,31H,14H2,1H3. The predicted octanol–water partition coefficient (Wildman–Crippen LogP) is 5.68. The molecule has 1 N–H and O–H groups in total. The van der Waals surface area contributed by atoms with Crippen LogP contribution in [0, 0.1) is 6.92 Å². The lowest BCUT2D eigenvalue weighted by Crippen LogP contribution is -2.31. The number of fused-ring (bicyclic) bond motifs is 1. The molecule has 1 atom stereocenters. The highest BCUT2D eigenvalue weighted by Gasteiger charge is 2.45. The van der Waals surface area contributed by atoms with Gasteiger partial charge in [-0.15, -0.1) is 0 Å². The van der Waals surface area contributed by atoms with Crippen LogP contribution in [0.15, 0.2) is 93.1 Å². The number of aliphatic hydroxyl groups is 1. The van der Waals surface area contributed by atoms with E-state index in [9.17, 15) is 14.7 Å². The van der Waals surface area contributed by atoms with Gasteiger partial charge in [-0.3, -0.25) is 14.6 Å². The third kappa shape index (κ3) is 3.74. The van der Waals surface area contributed by atoms with Gasteiger partial charge in [0, 0.05) is 16.1 Å². The lowest BCUT2D eigenvalue weighted by molar-refractivity contribution is -0.130. The van der Waals surface area contributed by atoms with Crippen molar-refractivity contribution in [2.75, 3.05) is 0 Å². The van der Waals surface area contributed by atoms with Gasteiger partial charge >= 0.3 is 0 Å². The Bertz CT molecular complexity index is 1420. The average molecular weight is 503 g/mol. The Labute approximate surface area is 198 Å². The molecule has 0 saturated heterocycles. The van der Waals surface area contributed by atoms with Gasteiger partial charge in [0.05, 0.1) is 23.9 Å². The number of hydrogen-bond donors (Lipinski definition) is 1. The zero-order valence-electron chi connectivity index (χ0n) is 17.7. The van der Waals surface area contributed by atoms with Gasteiger partial charge in [-0.25, -0.2) is 0 Å². The molecule has 2 aromatic carbocycles. The quantitative estimate of drug-likeness (QED) is 0.355. The van der Waals surface area contributed by atoms with Crippen LogP contribution in [0.2, 0.25) is 0 Å². The number of rotatable bonds is 5. The molecule has 0 fully saturated rings. The van der Waals surface area contributed by atoms with Crippen molar-refractivity contribution in [2.24, 2.45) is 0 Å². The van der Waals surface area contributed by atoms with Gasteiger partial charge in [0.15, 0.2) is 11.5 Å². The number of hydrogen-bond acceptors (Lipinski definition) is 5. The number of nitrogens with zero attached hydrogens (tertiary/aromatic N) is 2. The van der Waals surface area contributed by atoms with Crippen LogP contribution < -0.4 is 0 Å². The van der Waals surface area contributed by atoms with Gasteiger partial charge in [0.1, 0.15) is 5.58 Å². The normalized spacial score (nSPS) is 16.1. The molecule has 1 unspecified atom stereocenters. The van der Waals surface area contributed by atoms with Crippen LogP contribution in [-0.2, 0) is 11.3 Å². The summed E-state index contributed by atoms with van der Waals surface area (Å²) in [6, 6.07) is 19.2. The molecule has 0 spiro atoms. The Morgan fingerprint density at radius 2 is 1.91 bits per heavy atom. The van der Waals surface area contributed by atoms with Crippen molar-refractivity contribution in [1.29, 1.82) is 0 Å². The Hall–Kier alpha value is -3.71. The van der Waals surface area contributed by atoms with Crippen LogP contribution in [0.4, 0.5) is 0 Å². The summed E-state index contributed by atoms with van der Waals surface area (Å²) in [5, 5.41) is 11.6. The molecule has 1 aliphatic rings. The van der Waals surface area contributed by atoms with E-state index in [-0.39, 0.29) is 17.9 Å². The van der Waals surface area contributed by atoms with Gasteiger partial charge < -0.3 is 14.4 Å². The highest BCUT2D eigenvalue weighted by molar-refractivity contribution is 9.10. The number of Topliss-reactive ketones (excluding diaryl/α,β-unsaturated/α-hetero) is 1. The summed E-state index contributed by atoms with van der Waals surface area (Å²) in [4.78, 5) is 32.6. The summed E-state index contributed by atoms with van der Waals surface area (Å²) < 4.78 is 6.64. The Balaban J connectivity index is 1.62. The first kappa shape index (κ1) is 21.2. The van der Waals surface area contributed by atoms with Gasteiger partial charge in [-0.2, -0.15) is 0 Å². The van der Waals surface area contributed by atoms with Crippen molar-refractivity contribution >= 4 is 38.6 Å². The lowest BCUT2D eigenvalue weighted by atomic mass is 9.92. The molecule has 5 rings (SSSR count). The third-order valence-corrected chi connectivity index (χ3v) is 6.29. The number of ketones is 1. The number of halogens is 1. The predicted molar refractivity (Wildman–Crippen MR) is 127 cm³/mol. The summed E-state index contributed by atoms with van der Waals surface area (Å²) in [6.45, 7) is 2.06. The number of aryl methyl sites for hydroxylation is 1. The molecule has 1 aliphatic heterocycles. The van der Waals surface area contributed by atoms with E-state index in [2.05, 4.69) is 20.9 Å². The number of carbonyl (C=O) groups is 2. The van der Waals surface area contributed by atoms with Crippen LogP contribution in [0.3, 0.4) is 0 Å². The zero-order valence-corrected chi connectivity index (χ0v) is 19.2. The first-order valence-corrected chi connectivity index (χ1v) is 11.2. The highest BCUT2D eigenvalue weighted by Crippen LogP contribution is 2.41. The van der Waals surface area contributed by atoms with Crippen LogP contribution >= 0.6 is 15.9 Å². The average Bonchev–Trinajstić information content (AvgIpc) is 3.34. The Morgan fingerprint density at radius 1 is 1.12 bits per heavy atom. The minimum absolute atomic E-state index is 0.00310. The largest absolute Gasteiger partial charge is 0.503 e. The molecular formula is C26H19BrN2O4. The first-order valence-electron chi connectivity index (χ1n) is 10.4. The fraction of sp³-hybridized carbons (Fsp3) is 0.115. The number of amides is 1. The van der Waals surface area contributed by atoms with E-state index in [0.29, 0.717) is 11.3 Å². The fourth-order valence-electron chi connectivity index (χ4n) is 4.19. The summed E-state index contributed by atoms with van der Waals surface area (Å²) >= 11 is 3.42. The van der Waals surface area contributed by atoms with E-state index in [4.69, 9.17) is 4.42 Å². The molecule has 0 aliphatic carbocycles. The van der Waals surface area contributed by atoms with Gasteiger partial charge in [-0.05, 0) is 54.4 Å². The summed E-state index contributed by atoms with van der Waals surface area (Å²) in [6.07, 6.45) is 1.64. The van der Waals surface area contributed by atoms with Crippen molar-refractivity contribution in [3.8, 4) is 0 Å². The highest BCUT2D eigenvalue weighted by atomic mass is 79.9. The lowest BCUT2D eigenvalue weighted by Gasteiger charge is -2.27. The molecule has 7 heteroatoms. The second-order valence-electron chi connectivity index (χ2n) is 7.90. The Kier molecular flexibility index (Phi) is 5.34. The maximum atomic E-state index is 13.6. The smallest absolute Gasteiger partial charge is 0.290 e. The van der Waals surface area contributed by atoms with E-state index in [1.165, 1.54) is 4.90 Å². The first-order chi connectivity index (χ1) is 15.9. The summed E-state index contributed by atoms with van der Waals surface area (Å²) in [5.41, 5.74) is 2.86. The topological polar surface area (TPSA) is 83.6 Å². The van der Waals surface area contributed by atoms with Crippen molar-refractivity contribution < 1.29 is 19.1 Å².